The molecule has 0 aliphatic heterocycles. The Morgan fingerprint density at radius 2 is 0.750 bits per heavy atom. The van der Waals surface area contributed by atoms with Crippen molar-refractivity contribution < 1.29 is 74.7 Å². The molecule has 2 N–H and O–H groups in total. The van der Waals surface area contributed by atoms with Gasteiger partial charge in [-0.3, -0.25) is 0 Å². The van der Waals surface area contributed by atoms with Crippen molar-refractivity contribution in [2.75, 3.05) is 0 Å². The normalized spacial score (nSPS) is 0. The third-order valence-corrected chi connectivity index (χ3v) is 0. The third kappa shape index (κ3) is 9.14. The van der Waals surface area contributed by atoms with Gasteiger partial charge in [-0.25, -0.2) is 0 Å². The van der Waals surface area contributed by atoms with E-state index in [1.54, 1.807) is 0 Å². The first-order chi connectivity index (χ1) is 0. The van der Waals surface area contributed by atoms with Crippen LogP contribution in [-0.4, -0.2) is 11.0 Å². The van der Waals surface area contributed by atoms with Gasteiger partial charge in [0.1, 0.15) is 0 Å². The minimum atomic E-state index is 0. The summed E-state index contributed by atoms with van der Waals surface area (Å²) in [6, 6.07) is 0. The molecule has 0 atom stereocenters. The quantitative estimate of drug-likeness (QED) is 0.305. The van der Waals surface area contributed by atoms with E-state index in [1.807, 2.05) is 0 Å². The summed E-state index contributed by atoms with van der Waals surface area (Å²) in [6.07, 6.45) is 0. The van der Waals surface area contributed by atoms with Crippen LogP contribution < -0.4 is 51.4 Å². The fourth-order valence-corrected chi connectivity index (χ4v) is 0. The van der Waals surface area contributed by atoms with Crippen molar-refractivity contribution >= 4 is 0 Å². The Morgan fingerprint density at radius 3 is 0.750 bits per heavy atom. The van der Waals surface area contributed by atoms with Crippen molar-refractivity contribution in [3.8, 4) is 0 Å². The van der Waals surface area contributed by atoms with E-state index < -0.39 is 0 Å². The Balaban J connectivity index is 0. The summed E-state index contributed by atoms with van der Waals surface area (Å²) < 4.78 is 0. The van der Waals surface area contributed by atoms with Gasteiger partial charge in [-0.1, -0.05) is 0 Å². The minimum absolute atomic E-state index is 0. The topological polar surface area (TPSA) is 60.0 Å². The van der Waals surface area contributed by atoms with Gasteiger partial charge in [0.05, 0.1) is 0 Å². The van der Waals surface area contributed by atoms with E-state index in [1.165, 1.54) is 0 Å². The van der Waals surface area contributed by atoms with E-state index in [2.05, 4.69) is 0 Å². The van der Waals surface area contributed by atoms with E-state index in [0.717, 1.165) is 0 Å². The first-order valence-corrected chi connectivity index (χ1v) is 0. The van der Waals surface area contributed by atoms with Crippen molar-refractivity contribution in [2.45, 2.75) is 0 Å². The molecule has 0 aliphatic rings. The minimum Gasteiger partial charge on any atom is -0.870 e. The predicted molar refractivity (Wildman–Crippen MR) is 3.87 cm³/mol. The van der Waals surface area contributed by atoms with Gasteiger partial charge in [-0.05, 0) is 0 Å². The van der Waals surface area contributed by atoms with E-state index in [0.29, 0.717) is 0 Å². The van der Waals surface area contributed by atoms with Gasteiger partial charge in [0.2, 0.25) is 0 Å². The van der Waals surface area contributed by atoms with Gasteiger partial charge in [0.25, 0.3) is 0 Å². The molecule has 0 bridgehead atoms. The monoisotopic (exact) mass is 108 g/mol. The number of hydrogen-bond acceptors (Lipinski definition) is 2. The Morgan fingerprint density at radius 1 is 0.750 bits per heavy atom. The van der Waals surface area contributed by atoms with Gasteiger partial charge in [0, 0.05) is 0 Å². The van der Waals surface area contributed by atoms with Gasteiger partial charge >= 0.3 is 63.8 Å². The van der Waals surface area contributed by atoms with Crippen LogP contribution in [-0.2, 0) is 0 Å². The summed E-state index contributed by atoms with van der Waals surface area (Å²) >= 11 is 0. The molecule has 0 fully saturated rings. The predicted octanol–water partition coefficient (Wildman–Crippen LogP) is -3.35. The van der Waals surface area contributed by atoms with Crippen molar-refractivity contribution in [1.82, 2.24) is 0 Å². The molecule has 0 aromatic carbocycles. The van der Waals surface area contributed by atoms with Crippen LogP contribution in [0.5, 0.6) is 0 Å². The summed E-state index contributed by atoms with van der Waals surface area (Å²) in [5, 5.41) is 0. The molecule has 2 nitrogen and oxygen atoms in total. The second-order valence-electron chi connectivity index (χ2n) is 0. The van der Waals surface area contributed by atoms with Crippen LogP contribution in [0.3, 0.4) is 0 Å². The van der Waals surface area contributed by atoms with Crippen LogP contribution in [0.25, 0.3) is 0 Å². The fourth-order valence-electron chi connectivity index (χ4n) is 0. The largest absolute Gasteiger partial charge is 1.00 e. The van der Waals surface area contributed by atoms with Crippen molar-refractivity contribution in [2.24, 2.45) is 0 Å². The van der Waals surface area contributed by atoms with Crippen LogP contribution in [0, 0.1) is 12.4 Å². The molecule has 0 saturated carbocycles. The first kappa shape index (κ1) is 40.3. The Bertz CT molecular complexity index is 6.00. The Hall–Kier alpha value is 1.85. The van der Waals surface area contributed by atoms with Crippen LogP contribution in [0.4, 0.5) is 0 Å². The maximum absolute atomic E-state index is 0. The van der Waals surface area contributed by atoms with E-state index in [4.69, 9.17) is 0 Å². The van der Waals surface area contributed by atoms with E-state index >= 15 is 0 Å². The molecular formula is H2ClKO2. The SMILES string of the molecule is [Cl+].[K+].[OH-].[OH-]. The number of hydrogen-bond donors (Lipinski definition) is 0. The fraction of sp³-hybridized carbons (Fsp3) is 0. The molecular weight excluding hydrogens is 107 g/mol. The third-order valence-electron chi connectivity index (χ3n) is 0. The molecule has 0 aromatic heterocycles. The molecule has 2 radical (unpaired) electrons. The summed E-state index contributed by atoms with van der Waals surface area (Å²) in [6.45, 7) is 0. The van der Waals surface area contributed by atoms with Crippen molar-refractivity contribution in [3.63, 3.8) is 0 Å². The average Bonchev–Trinajstić information content (AvgIpc) is 0. The number of rotatable bonds is 0. The summed E-state index contributed by atoms with van der Waals surface area (Å²) in [7, 11) is 0. The molecule has 0 unspecified atom stereocenters. The zero-order valence-electron chi connectivity index (χ0n) is 2.27. The molecule has 4 heavy (non-hydrogen) atoms. The zero-order valence-corrected chi connectivity index (χ0v) is 6.15. The van der Waals surface area contributed by atoms with Crippen molar-refractivity contribution in [1.29, 1.82) is 0 Å². The average molecular weight is 109 g/mol. The Kier molecular flexibility index (Phi) is 212. The smallest absolute Gasteiger partial charge is 0.870 e. The zero-order chi connectivity index (χ0) is 0. The van der Waals surface area contributed by atoms with Crippen LogP contribution in [0.2, 0.25) is 0 Å². The summed E-state index contributed by atoms with van der Waals surface area (Å²) in [5.41, 5.74) is 0. The van der Waals surface area contributed by atoms with Gasteiger partial charge in [-0.15, -0.1) is 0 Å². The van der Waals surface area contributed by atoms with Crippen LogP contribution >= 0.6 is 0 Å². The molecule has 0 saturated heterocycles. The molecule has 0 spiro atoms. The summed E-state index contributed by atoms with van der Waals surface area (Å²) in [5.74, 6) is 0. The number of halogens is 1. The van der Waals surface area contributed by atoms with Gasteiger partial charge in [0.15, 0.2) is 0 Å². The Labute approximate surface area is 73.4 Å². The van der Waals surface area contributed by atoms with Crippen LogP contribution in [0.15, 0.2) is 0 Å². The van der Waals surface area contributed by atoms with Gasteiger partial charge in [-0.2, -0.15) is 0 Å². The molecule has 0 aliphatic carbocycles. The van der Waals surface area contributed by atoms with Crippen molar-refractivity contribution in [3.05, 3.63) is 0 Å². The molecule has 4 heteroatoms. The molecule has 0 amide bonds. The van der Waals surface area contributed by atoms with Crippen LogP contribution in [0.1, 0.15) is 0 Å². The molecule has 0 heterocycles. The second kappa shape index (κ2) is 21.0. The van der Waals surface area contributed by atoms with Gasteiger partial charge < -0.3 is 11.0 Å². The van der Waals surface area contributed by atoms with E-state index in [9.17, 15) is 0 Å². The molecule has 22 valence electrons. The maximum atomic E-state index is 0. The standard InChI is InChI=1S/Cl.K.2H2O/h;;2*1H2/q2*+1;;/p-2. The summed E-state index contributed by atoms with van der Waals surface area (Å²) in [4.78, 5) is 0. The first-order valence-electron chi connectivity index (χ1n) is 0. The maximum Gasteiger partial charge on any atom is 1.00 e. The molecule has 0 rings (SSSR count). The van der Waals surface area contributed by atoms with E-state index in [-0.39, 0.29) is 74.7 Å². The molecule has 0 aromatic rings. The second-order valence-corrected chi connectivity index (χ2v) is 0.